The highest BCUT2D eigenvalue weighted by molar-refractivity contribution is 5.93. The molecule has 0 bridgehead atoms. The van der Waals surface area contributed by atoms with E-state index >= 15 is 0 Å². The van der Waals surface area contributed by atoms with Crippen LogP contribution in [0.4, 0.5) is 5.69 Å². The van der Waals surface area contributed by atoms with Gasteiger partial charge in [0, 0.05) is 37.3 Å². The van der Waals surface area contributed by atoms with Gasteiger partial charge in [0.2, 0.25) is 0 Å². The minimum atomic E-state index is 0.346. The van der Waals surface area contributed by atoms with Crippen molar-refractivity contribution in [1.29, 1.82) is 0 Å². The van der Waals surface area contributed by atoms with Gasteiger partial charge in [-0.05, 0) is 55.0 Å². The van der Waals surface area contributed by atoms with Gasteiger partial charge in [-0.15, -0.1) is 0 Å². The molecule has 148 valence electrons. The topological polar surface area (TPSA) is 75.1 Å². The molecule has 4 rings (SSSR count). The molecule has 6 heteroatoms. The van der Waals surface area contributed by atoms with Gasteiger partial charge in [-0.25, -0.2) is 0 Å². The summed E-state index contributed by atoms with van der Waals surface area (Å²) in [7, 11) is 1.73. The van der Waals surface area contributed by atoms with Gasteiger partial charge in [0.25, 0.3) is 0 Å². The highest BCUT2D eigenvalue weighted by Crippen LogP contribution is 2.33. The summed E-state index contributed by atoms with van der Waals surface area (Å²) in [6.07, 6.45) is 5.39. The summed E-state index contributed by atoms with van der Waals surface area (Å²) in [6.45, 7) is 1.86. The fraction of sp³-hybridized carbons (Fsp3) is 0.409. The minimum absolute atomic E-state index is 0.346. The Labute approximate surface area is 165 Å². The number of rotatable bonds is 3. The number of fused-ring (bicyclic) bond motifs is 2. The van der Waals surface area contributed by atoms with Crippen molar-refractivity contribution in [3.63, 3.8) is 0 Å². The average molecular weight is 381 g/mol. The number of nitrogens with zero attached hydrogens (tertiary/aromatic N) is 1. The third-order valence-electron chi connectivity index (χ3n) is 5.29. The summed E-state index contributed by atoms with van der Waals surface area (Å²) in [5.74, 6) is 2.50. The molecule has 2 aromatic rings. The van der Waals surface area contributed by atoms with Gasteiger partial charge >= 0.3 is 0 Å². The van der Waals surface area contributed by atoms with Crippen molar-refractivity contribution in [1.82, 2.24) is 5.32 Å². The fourth-order valence-electron chi connectivity index (χ4n) is 3.82. The normalized spacial score (nSPS) is 16.1. The van der Waals surface area contributed by atoms with E-state index in [-0.39, 0.29) is 0 Å². The molecule has 0 amide bonds. The van der Waals surface area contributed by atoms with Crippen molar-refractivity contribution in [3.05, 3.63) is 47.0 Å². The zero-order chi connectivity index (χ0) is 19.3. The molecule has 0 saturated carbocycles. The molecule has 0 radical (unpaired) electrons. The van der Waals surface area contributed by atoms with Gasteiger partial charge in [0.15, 0.2) is 17.5 Å². The molecular formula is C22H27N3O3. The van der Waals surface area contributed by atoms with Gasteiger partial charge in [-0.3, -0.25) is 4.99 Å². The van der Waals surface area contributed by atoms with Crippen LogP contribution in [0.25, 0.3) is 0 Å². The molecule has 0 fully saturated rings. The molecule has 0 saturated heterocycles. The molecule has 0 aromatic heterocycles. The maximum Gasteiger partial charge on any atom is 0.195 e. The number of aryl methyl sites for hydroxylation is 1. The molecule has 0 unspecified atom stereocenters. The number of hydrogen-bond donors (Lipinski definition) is 3. The lowest BCUT2D eigenvalue weighted by Gasteiger charge is -2.21. The predicted octanol–water partition coefficient (Wildman–Crippen LogP) is 3.62. The van der Waals surface area contributed by atoms with Crippen LogP contribution in [0, 0.1) is 0 Å². The van der Waals surface area contributed by atoms with E-state index in [0.717, 1.165) is 42.0 Å². The van der Waals surface area contributed by atoms with Crippen molar-refractivity contribution >= 4 is 11.6 Å². The van der Waals surface area contributed by atoms with Crippen LogP contribution in [0.3, 0.4) is 0 Å². The van der Waals surface area contributed by atoms with Crippen molar-refractivity contribution in [2.24, 2.45) is 4.99 Å². The molecule has 1 heterocycles. The first-order valence-corrected chi connectivity index (χ1v) is 9.94. The fourth-order valence-corrected chi connectivity index (χ4v) is 3.82. The van der Waals surface area contributed by atoms with Gasteiger partial charge in [0.1, 0.15) is 5.75 Å². The number of ether oxygens (including phenoxy) is 2. The molecule has 3 N–H and O–H groups in total. The Kier molecular flexibility index (Phi) is 5.55. The molecule has 2 aromatic carbocycles. The van der Waals surface area contributed by atoms with E-state index in [4.69, 9.17) is 9.47 Å². The number of nitrogens with one attached hydrogen (secondary N) is 2. The van der Waals surface area contributed by atoms with Crippen LogP contribution in [0.5, 0.6) is 17.2 Å². The number of aliphatic imine (C=N–C) groups is 1. The lowest BCUT2D eigenvalue weighted by Crippen LogP contribution is -2.30. The largest absolute Gasteiger partial charge is 0.508 e. The summed E-state index contributed by atoms with van der Waals surface area (Å²) in [4.78, 5) is 4.31. The first kappa shape index (κ1) is 18.5. The monoisotopic (exact) mass is 381 g/mol. The van der Waals surface area contributed by atoms with E-state index in [0.29, 0.717) is 31.5 Å². The SMILES string of the molecule is CN=C(NCc1c(O)ccc2c1CCCC2)Nc1ccc2c(c1)OCCCO2. The van der Waals surface area contributed by atoms with Gasteiger partial charge in [-0.1, -0.05) is 6.07 Å². The standard InChI is InChI=1S/C22H27N3O3/c1-23-22(25-16-8-10-20-21(13-16)28-12-4-11-27-20)24-14-18-17-6-3-2-5-15(17)7-9-19(18)26/h7-10,13,26H,2-6,11-12,14H2,1H3,(H2,23,24,25). The van der Waals surface area contributed by atoms with Crippen molar-refractivity contribution < 1.29 is 14.6 Å². The van der Waals surface area contributed by atoms with E-state index < -0.39 is 0 Å². The van der Waals surface area contributed by atoms with Gasteiger partial charge < -0.3 is 25.2 Å². The molecule has 2 aliphatic rings. The van der Waals surface area contributed by atoms with Crippen LogP contribution in [-0.2, 0) is 19.4 Å². The van der Waals surface area contributed by atoms with E-state index in [9.17, 15) is 5.11 Å². The number of guanidine groups is 1. The highest BCUT2D eigenvalue weighted by atomic mass is 16.5. The Morgan fingerprint density at radius 1 is 1.04 bits per heavy atom. The van der Waals surface area contributed by atoms with Crippen LogP contribution in [-0.4, -0.2) is 31.3 Å². The predicted molar refractivity (Wildman–Crippen MR) is 111 cm³/mol. The zero-order valence-corrected chi connectivity index (χ0v) is 16.3. The van der Waals surface area contributed by atoms with Crippen LogP contribution in [0.15, 0.2) is 35.3 Å². The molecule has 0 atom stereocenters. The number of benzene rings is 2. The number of aromatic hydroxyl groups is 1. The maximum absolute atomic E-state index is 10.4. The zero-order valence-electron chi connectivity index (χ0n) is 16.3. The van der Waals surface area contributed by atoms with E-state index in [1.54, 1.807) is 13.1 Å². The number of hydrogen-bond acceptors (Lipinski definition) is 4. The minimum Gasteiger partial charge on any atom is -0.508 e. The second-order valence-electron chi connectivity index (χ2n) is 7.17. The Hall–Kier alpha value is -2.89. The first-order chi connectivity index (χ1) is 13.7. The van der Waals surface area contributed by atoms with Crippen molar-refractivity contribution in [2.75, 3.05) is 25.6 Å². The lowest BCUT2D eigenvalue weighted by molar-refractivity contribution is 0.297. The summed E-state index contributed by atoms with van der Waals surface area (Å²) >= 11 is 0. The smallest absolute Gasteiger partial charge is 0.195 e. The third-order valence-corrected chi connectivity index (χ3v) is 5.29. The average Bonchev–Trinajstić information content (AvgIpc) is 2.97. The van der Waals surface area contributed by atoms with Gasteiger partial charge in [-0.2, -0.15) is 0 Å². The number of phenolic OH excluding ortho intramolecular Hbond substituents is 1. The van der Waals surface area contributed by atoms with Gasteiger partial charge in [0.05, 0.1) is 13.2 Å². The van der Waals surface area contributed by atoms with E-state index in [2.05, 4.69) is 21.7 Å². The van der Waals surface area contributed by atoms with Crippen molar-refractivity contribution in [3.8, 4) is 17.2 Å². The Bertz CT molecular complexity index is 880. The Morgan fingerprint density at radius 2 is 1.86 bits per heavy atom. The third kappa shape index (κ3) is 4.01. The highest BCUT2D eigenvalue weighted by Gasteiger charge is 2.17. The summed E-state index contributed by atoms with van der Waals surface area (Å²) < 4.78 is 11.4. The maximum atomic E-state index is 10.4. The Balaban J connectivity index is 1.46. The quantitative estimate of drug-likeness (QED) is 0.559. The lowest BCUT2D eigenvalue weighted by atomic mass is 9.88. The number of anilines is 1. The molecule has 1 aliphatic carbocycles. The first-order valence-electron chi connectivity index (χ1n) is 9.94. The van der Waals surface area contributed by atoms with Crippen molar-refractivity contribution in [2.45, 2.75) is 38.6 Å². The molecule has 0 spiro atoms. The summed E-state index contributed by atoms with van der Waals surface area (Å²) in [5.41, 5.74) is 4.48. The van der Waals surface area contributed by atoms with E-state index in [1.165, 1.54) is 24.0 Å². The van der Waals surface area contributed by atoms with Crippen LogP contribution >= 0.6 is 0 Å². The molecule has 6 nitrogen and oxygen atoms in total. The Morgan fingerprint density at radius 3 is 2.71 bits per heavy atom. The van der Waals surface area contributed by atoms with Crippen LogP contribution in [0.1, 0.15) is 36.0 Å². The second kappa shape index (κ2) is 8.42. The van der Waals surface area contributed by atoms with Crippen LogP contribution < -0.4 is 20.1 Å². The summed E-state index contributed by atoms with van der Waals surface area (Å²) in [6, 6.07) is 9.65. The summed E-state index contributed by atoms with van der Waals surface area (Å²) in [5, 5.41) is 17.0. The second-order valence-corrected chi connectivity index (χ2v) is 7.17. The molecule has 1 aliphatic heterocycles. The molecule has 28 heavy (non-hydrogen) atoms. The number of phenols is 1. The van der Waals surface area contributed by atoms with Crippen LogP contribution in [0.2, 0.25) is 0 Å². The molecular weight excluding hydrogens is 354 g/mol. The van der Waals surface area contributed by atoms with E-state index in [1.807, 2.05) is 18.2 Å².